The summed E-state index contributed by atoms with van der Waals surface area (Å²) in [7, 11) is -3.41. The van der Waals surface area contributed by atoms with Gasteiger partial charge >= 0.3 is 6.03 Å². The lowest BCUT2D eigenvalue weighted by atomic mass is 9.68. The Morgan fingerprint density at radius 3 is 2.62 bits per heavy atom. The number of sulfone groups is 1. The van der Waals surface area contributed by atoms with Gasteiger partial charge in [0, 0.05) is 61.8 Å². The van der Waals surface area contributed by atoms with Crippen LogP contribution in [-0.2, 0) is 22.7 Å². The smallest absolute Gasteiger partial charge is 0.320 e. The van der Waals surface area contributed by atoms with E-state index in [4.69, 9.17) is 16.3 Å². The molecule has 11 heteroatoms. The molecule has 0 radical (unpaired) electrons. The van der Waals surface area contributed by atoms with E-state index >= 15 is 0 Å². The van der Waals surface area contributed by atoms with Crippen LogP contribution in [0.3, 0.4) is 0 Å². The number of carbonyl (C=O) groups is 1. The molecule has 0 bridgehead atoms. The van der Waals surface area contributed by atoms with Gasteiger partial charge < -0.3 is 19.5 Å². The van der Waals surface area contributed by atoms with Gasteiger partial charge in [0.05, 0.1) is 6.10 Å². The molecule has 39 heavy (non-hydrogen) atoms. The van der Waals surface area contributed by atoms with Crippen molar-refractivity contribution in [1.82, 2.24) is 25.0 Å². The molecule has 5 rings (SSSR count). The lowest BCUT2D eigenvalue weighted by Crippen LogP contribution is -2.63. The number of aromatic amines is 1. The molecule has 1 aliphatic carbocycles. The molecular formula is C28H40ClN5O4S. The number of amides is 2. The number of carbonyl (C=O) groups excluding carboxylic acids is 1. The van der Waals surface area contributed by atoms with E-state index in [-0.39, 0.29) is 22.4 Å². The number of aromatic nitrogens is 3. The van der Waals surface area contributed by atoms with Crippen LogP contribution in [0, 0.1) is 11.3 Å². The van der Waals surface area contributed by atoms with Gasteiger partial charge in [0.1, 0.15) is 22.3 Å². The van der Waals surface area contributed by atoms with Gasteiger partial charge in [-0.1, -0.05) is 24.9 Å². The quantitative estimate of drug-likeness (QED) is 0.478. The monoisotopic (exact) mass is 577 g/mol. The molecule has 1 aromatic heterocycles. The second kappa shape index (κ2) is 11.6. The van der Waals surface area contributed by atoms with Crippen molar-refractivity contribution in [3.05, 3.63) is 34.9 Å². The van der Waals surface area contributed by atoms with E-state index < -0.39 is 9.84 Å². The number of hydrogen-bond donors (Lipinski definition) is 1. The number of urea groups is 1. The Morgan fingerprint density at radius 1 is 1.15 bits per heavy atom. The molecule has 2 saturated heterocycles. The molecule has 9 nitrogen and oxygen atoms in total. The van der Waals surface area contributed by atoms with Crippen LogP contribution in [0.15, 0.2) is 23.1 Å². The minimum absolute atomic E-state index is 0.0548. The largest absolute Gasteiger partial charge is 0.489 e. The summed E-state index contributed by atoms with van der Waals surface area (Å²) in [5.74, 6) is 2.63. The molecular weight excluding hydrogens is 538 g/mol. The Hall–Kier alpha value is -2.33. The van der Waals surface area contributed by atoms with Gasteiger partial charge in [0.15, 0.2) is 9.84 Å². The van der Waals surface area contributed by atoms with Crippen LogP contribution in [0.4, 0.5) is 4.79 Å². The average Bonchev–Trinajstić information content (AvgIpc) is 3.33. The Bertz CT molecular complexity index is 1270. The molecule has 3 heterocycles. The van der Waals surface area contributed by atoms with Crippen LogP contribution < -0.4 is 4.74 Å². The van der Waals surface area contributed by atoms with E-state index in [2.05, 4.69) is 22.1 Å². The topological polar surface area (TPSA) is 108 Å². The Morgan fingerprint density at radius 2 is 1.90 bits per heavy atom. The maximum absolute atomic E-state index is 13.3. The third-order valence-electron chi connectivity index (χ3n) is 8.53. The minimum atomic E-state index is -3.41. The molecule has 3 fully saturated rings. The number of aryl methyl sites for hydroxylation is 1. The molecule has 214 valence electrons. The van der Waals surface area contributed by atoms with Crippen LogP contribution in [0.5, 0.6) is 5.75 Å². The fourth-order valence-corrected chi connectivity index (χ4v) is 7.31. The highest BCUT2D eigenvalue weighted by molar-refractivity contribution is 7.90. The summed E-state index contributed by atoms with van der Waals surface area (Å²) in [5.41, 5.74) is 0.146. The number of halogens is 1. The standard InChI is InChI=1S/C28H40ClN5O4S/c1-3-4-7-25-30-26(32-31-25)15-20-6-5-14-33(17-20)27(35)34-18-28(19-34)12-10-22(11-13-28)38-23-16-21(29)8-9-24(23)39(2,36)37/h8-9,16,20,22H,3-7,10-15,17-19H2,1-2H3,(H,30,31,32). The number of unbranched alkanes of at least 4 members (excludes halogenated alkanes) is 1. The van der Waals surface area contributed by atoms with E-state index in [0.29, 0.717) is 16.7 Å². The summed E-state index contributed by atoms with van der Waals surface area (Å²) in [6, 6.07) is 4.82. The third-order valence-corrected chi connectivity index (χ3v) is 9.91. The number of H-pyrrole nitrogens is 1. The van der Waals surface area contributed by atoms with Gasteiger partial charge in [-0.15, -0.1) is 10.2 Å². The van der Waals surface area contributed by atoms with Crippen molar-refractivity contribution in [2.75, 3.05) is 32.4 Å². The normalized spacial score (nSPS) is 21.7. The summed E-state index contributed by atoms with van der Waals surface area (Å²) < 4.78 is 30.5. The fraction of sp³-hybridized carbons (Fsp3) is 0.679. The zero-order valence-corrected chi connectivity index (χ0v) is 24.6. The number of nitrogens with one attached hydrogen (secondary N) is 1. The number of rotatable bonds is 8. The number of nitrogens with zero attached hydrogens (tertiary/aromatic N) is 4. The van der Waals surface area contributed by atoms with Crippen LogP contribution in [0.25, 0.3) is 0 Å². The van der Waals surface area contributed by atoms with Crippen molar-refractivity contribution >= 4 is 27.5 Å². The highest BCUT2D eigenvalue weighted by Crippen LogP contribution is 2.45. The number of benzene rings is 1. The zero-order valence-electron chi connectivity index (χ0n) is 23.0. The van der Waals surface area contributed by atoms with Gasteiger partial charge in [-0.2, -0.15) is 0 Å². The Labute approximate surface area is 236 Å². The van der Waals surface area contributed by atoms with Crippen LogP contribution >= 0.6 is 11.6 Å². The van der Waals surface area contributed by atoms with E-state index in [1.165, 1.54) is 12.3 Å². The third kappa shape index (κ3) is 6.70. The first kappa shape index (κ1) is 28.2. The van der Waals surface area contributed by atoms with Gasteiger partial charge in [-0.25, -0.2) is 13.2 Å². The first-order chi connectivity index (χ1) is 18.6. The number of hydrogen-bond acceptors (Lipinski definition) is 6. The molecule has 3 aliphatic rings. The van der Waals surface area contributed by atoms with Crippen LogP contribution in [-0.4, -0.2) is 78.0 Å². The summed E-state index contributed by atoms with van der Waals surface area (Å²) in [4.78, 5) is 20.9. The van der Waals surface area contributed by atoms with Crippen LogP contribution in [0.2, 0.25) is 5.02 Å². The van der Waals surface area contributed by atoms with Gasteiger partial charge in [0.2, 0.25) is 0 Å². The lowest BCUT2D eigenvalue weighted by molar-refractivity contribution is -0.0354. The molecule has 2 amide bonds. The van der Waals surface area contributed by atoms with E-state index in [0.717, 1.165) is 102 Å². The van der Waals surface area contributed by atoms with E-state index in [1.807, 2.05) is 9.80 Å². The Balaban J connectivity index is 1.09. The number of piperidine rings is 1. The second-order valence-corrected chi connectivity index (χ2v) is 14.2. The van der Waals surface area contributed by atoms with E-state index in [1.54, 1.807) is 12.1 Å². The van der Waals surface area contributed by atoms with Gasteiger partial charge in [-0.3, -0.25) is 0 Å². The molecule has 1 saturated carbocycles. The molecule has 1 spiro atoms. The maximum atomic E-state index is 13.3. The lowest BCUT2D eigenvalue weighted by Gasteiger charge is -2.54. The highest BCUT2D eigenvalue weighted by Gasteiger charge is 2.48. The summed E-state index contributed by atoms with van der Waals surface area (Å²) in [6.07, 6.45) is 10.9. The van der Waals surface area contributed by atoms with Crippen molar-refractivity contribution in [2.45, 2.75) is 82.1 Å². The predicted molar refractivity (Wildman–Crippen MR) is 150 cm³/mol. The second-order valence-electron chi connectivity index (χ2n) is 11.8. The molecule has 1 N–H and O–H groups in total. The van der Waals surface area contributed by atoms with Crippen molar-refractivity contribution in [1.29, 1.82) is 0 Å². The predicted octanol–water partition coefficient (Wildman–Crippen LogP) is 4.90. The van der Waals surface area contributed by atoms with Crippen molar-refractivity contribution in [2.24, 2.45) is 11.3 Å². The van der Waals surface area contributed by atoms with Gasteiger partial charge in [-0.05, 0) is 63.0 Å². The molecule has 1 atom stereocenters. The summed E-state index contributed by atoms with van der Waals surface area (Å²) >= 11 is 6.11. The zero-order chi connectivity index (χ0) is 27.6. The first-order valence-corrected chi connectivity index (χ1v) is 16.5. The van der Waals surface area contributed by atoms with Crippen molar-refractivity contribution in [3.8, 4) is 5.75 Å². The molecule has 1 aromatic carbocycles. The van der Waals surface area contributed by atoms with Gasteiger partial charge in [0.25, 0.3) is 0 Å². The minimum Gasteiger partial charge on any atom is -0.489 e. The molecule has 1 unspecified atom stereocenters. The highest BCUT2D eigenvalue weighted by atomic mass is 35.5. The number of likely N-dealkylation sites (tertiary alicyclic amines) is 2. The summed E-state index contributed by atoms with van der Waals surface area (Å²) in [6.45, 7) is 5.33. The fourth-order valence-electron chi connectivity index (χ4n) is 6.36. The Kier molecular flexibility index (Phi) is 8.42. The SMILES string of the molecule is CCCCc1nnc(CC2CCCN(C(=O)N3CC4(CCC(Oc5cc(Cl)ccc5S(C)(=O)=O)CC4)C3)C2)[nH]1. The number of ether oxygens (including phenoxy) is 1. The molecule has 2 aromatic rings. The average molecular weight is 578 g/mol. The van der Waals surface area contributed by atoms with E-state index in [9.17, 15) is 13.2 Å². The van der Waals surface area contributed by atoms with Crippen molar-refractivity contribution in [3.63, 3.8) is 0 Å². The van der Waals surface area contributed by atoms with Crippen LogP contribution in [0.1, 0.15) is 69.9 Å². The first-order valence-electron chi connectivity index (χ1n) is 14.2. The summed E-state index contributed by atoms with van der Waals surface area (Å²) in [5, 5.41) is 9.08. The molecule has 2 aliphatic heterocycles. The van der Waals surface area contributed by atoms with Crippen molar-refractivity contribution < 1.29 is 17.9 Å². The maximum Gasteiger partial charge on any atom is 0.320 e.